The molecular formula is C15H26N4O3S2. The van der Waals surface area contributed by atoms with Gasteiger partial charge < -0.3 is 9.88 Å². The summed E-state index contributed by atoms with van der Waals surface area (Å²) < 4.78 is 24.9. The van der Waals surface area contributed by atoms with Gasteiger partial charge in [0.15, 0.2) is 15.0 Å². The highest BCUT2D eigenvalue weighted by Gasteiger charge is 2.29. The van der Waals surface area contributed by atoms with Gasteiger partial charge in [0.25, 0.3) is 0 Å². The quantitative estimate of drug-likeness (QED) is 0.717. The third kappa shape index (κ3) is 5.20. The molecule has 1 aromatic heterocycles. The molecule has 9 heteroatoms. The summed E-state index contributed by atoms with van der Waals surface area (Å²) in [7, 11) is -1.02. The van der Waals surface area contributed by atoms with Crippen molar-refractivity contribution in [2.45, 2.75) is 44.8 Å². The number of carbonyl (C=O) groups is 1. The largest absolute Gasteiger partial charge is 0.353 e. The molecule has 24 heavy (non-hydrogen) atoms. The molecule has 0 aliphatic carbocycles. The number of thioether (sulfide) groups is 1. The van der Waals surface area contributed by atoms with Crippen LogP contribution in [0.5, 0.6) is 0 Å². The Bertz CT molecular complexity index is 685. The van der Waals surface area contributed by atoms with E-state index in [-0.39, 0.29) is 29.4 Å². The molecule has 1 aromatic rings. The third-order valence-corrected chi connectivity index (χ3v) is 7.30. The number of aromatic nitrogens is 3. The second kappa shape index (κ2) is 7.86. The number of carbonyl (C=O) groups excluding carboxylic acids is 1. The lowest BCUT2D eigenvalue weighted by molar-refractivity contribution is -0.119. The predicted molar refractivity (Wildman–Crippen MR) is 94.6 cm³/mol. The van der Waals surface area contributed by atoms with Gasteiger partial charge in [0.05, 0.1) is 17.3 Å². The van der Waals surface area contributed by atoms with Crippen molar-refractivity contribution in [2.24, 2.45) is 18.9 Å². The van der Waals surface area contributed by atoms with E-state index < -0.39 is 9.84 Å². The average molecular weight is 375 g/mol. The van der Waals surface area contributed by atoms with Gasteiger partial charge in [-0.3, -0.25) is 4.79 Å². The topological polar surface area (TPSA) is 94.0 Å². The van der Waals surface area contributed by atoms with E-state index in [1.165, 1.54) is 11.8 Å². The van der Waals surface area contributed by atoms with Gasteiger partial charge >= 0.3 is 0 Å². The summed E-state index contributed by atoms with van der Waals surface area (Å²) in [6, 6.07) is 0.137. The van der Waals surface area contributed by atoms with E-state index in [1.54, 1.807) is 0 Å². The van der Waals surface area contributed by atoms with Crippen molar-refractivity contribution in [3.8, 4) is 0 Å². The number of nitrogens with one attached hydrogen (secondary N) is 1. The lowest BCUT2D eigenvalue weighted by atomic mass is 10.1. The van der Waals surface area contributed by atoms with Crippen LogP contribution in [0.15, 0.2) is 5.16 Å². The molecule has 1 fully saturated rings. The van der Waals surface area contributed by atoms with Gasteiger partial charge in [-0.15, -0.1) is 10.2 Å². The van der Waals surface area contributed by atoms with Gasteiger partial charge in [0, 0.05) is 19.5 Å². The van der Waals surface area contributed by atoms with Crippen LogP contribution in [-0.2, 0) is 28.1 Å². The van der Waals surface area contributed by atoms with E-state index in [0.717, 1.165) is 5.82 Å². The van der Waals surface area contributed by atoms with Gasteiger partial charge in [-0.2, -0.15) is 0 Å². The molecule has 0 spiro atoms. The highest BCUT2D eigenvalue weighted by molar-refractivity contribution is 7.99. The zero-order valence-electron chi connectivity index (χ0n) is 14.7. The normalized spacial score (nSPS) is 21.1. The molecule has 1 aliphatic heterocycles. The highest BCUT2D eigenvalue weighted by Crippen LogP contribution is 2.23. The van der Waals surface area contributed by atoms with Crippen molar-refractivity contribution in [3.63, 3.8) is 0 Å². The van der Waals surface area contributed by atoms with Gasteiger partial charge in [-0.1, -0.05) is 25.6 Å². The van der Waals surface area contributed by atoms with E-state index in [0.29, 0.717) is 29.7 Å². The first kappa shape index (κ1) is 19.2. The Morgan fingerprint density at radius 1 is 1.38 bits per heavy atom. The Hall–Kier alpha value is -1.09. The Balaban J connectivity index is 1.87. The Labute approximate surface area is 147 Å². The Morgan fingerprint density at radius 3 is 2.67 bits per heavy atom. The number of nitrogens with zero attached hydrogens (tertiary/aromatic N) is 3. The van der Waals surface area contributed by atoms with E-state index in [4.69, 9.17) is 0 Å². The summed E-state index contributed by atoms with van der Waals surface area (Å²) >= 11 is 1.35. The average Bonchev–Trinajstić information content (AvgIpc) is 3.00. The van der Waals surface area contributed by atoms with Crippen LogP contribution in [0.4, 0.5) is 0 Å². The fourth-order valence-corrected chi connectivity index (χ4v) is 5.14. The van der Waals surface area contributed by atoms with Crippen LogP contribution < -0.4 is 5.32 Å². The molecule has 136 valence electrons. The molecule has 0 saturated carbocycles. The van der Waals surface area contributed by atoms with E-state index in [1.807, 2.05) is 18.5 Å². The van der Waals surface area contributed by atoms with Crippen LogP contribution in [0.1, 0.15) is 33.0 Å². The first-order chi connectivity index (χ1) is 11.2. The molecule has 1 saturated heterocycles. The van der Waals surface area contributed by atoms with Crippen LogP contribution in [0.2, 0.25) is 0 Å². The Kier molecular flexibility index (Phi) is 6.30. The molecule has 0 radical (unpaired) electrons. The molecule has 0 unspecified atom stereocenters. The van der Waals surface area contributed by atoms with Crippen LogP contribution in [0, 0.1) is 11.8 Å². The van der Waals surface area contributed by atoms with Crippen molar-refractivity contribution in [3.05, 3.63) is 5.82 Å². The second-order valence-corrected chi connectivity index (χ2v) is 9.99. The minimum absolute atomic E-state index is 0.0207. The third-order valence-electron chi connectivity index (χ3n) is 4.44. The maximum atomic E-state index is 11.9. The number of rotatable bonds is 7. The molecule has 7 nitrogen and oxygen atoms in total. The molecule has 2 heterocycles. The summed E-state index contributed by atoms with van der Waals surface area (Å²) in [5, 5.41) is 11.9. The highest BCUT2D eigenvalue weighted by atomic mass is 32.2. The van der Waals surface area contributed by atoms with Gasteiger partial charge in [-0.25, -0.2) is 8.42 Å². The molecule has 2 rings (SSSR count). The maximum absolute atomic E-state index is 11.9. The smallest absolute Gasteiger partial charge is 0.230 e. The standard InChI is InChI=1S/C15H26N4O3S2/c1-10(2)11(3)16-14(20)8-23-15-18-17-13(19(15)4)7-12-5-6-24(21,22)9-12/h10-12H,5-9H2,1-4H3,(H,16,20)/t11-,12-/m0/s1. The zero-order chi connectivity index (χ0) is 17.9. The van der Waals surface area contributed by atoms with E-state index in [2.05, 4.69) is 29.4 Å². The van der Waals surface area contributed by atoms with Crippen LogP contribution >= 0.6 is 11.8 Å². The summed E-state index contributed by atoms with van der Waals surface area (Å²) in [6.45, 7) is 6.12. The summed E-state index contributed by atoms with van der Waals surface area (Å²) in [5.41, 5.74) is 0. The first-order valence-corrected chi connectivity index (χ1v) is 11.0. The van der Waals surface area contributed by atoms with Crippen molar-refractivity contribution in [2.75, 3.05) is 17.3 Å². The fourth-order valence-electron chi connectivity index (χ4n) is 2.53. The van der Waals surface area contributed by atoms with Crippen LogP contribution in [-0.4, -0.2) is 52.4 Å². The van der Waals surface area contributed by atoms with Crippen molar-refractivity contribution >= 4 is 27.5 Å². The van der Waals surface area contributed by atoms with Crippen molar-refractivity contribution in [1.82, 2.24) is 20.1 Å². The molecule has 1 aliphatic rings. The summed E-state index contributed by atoms with van der Waals surface area (Å²) in [5.74, 6) is 2.06. The maximum Gasteiger partial charge on any atom is 0.230 e. The van der Waals surface area contributed by atoms with Crippen molar-refractivity contribution < 1.29 is 13.2 Å². The SMILES string of the molecule is CC(C)[C@H](C)NC(=O)CSc1nnc(C[C@@H]2CCS(=O)(=O)C2)n1C. The molecule has 2 atom stereocenters. The monoisotopic (exact) mass is 374 g/mol. The zero-order valence-corrected chi connectivity index (χ0v) is 16.3. The van der Waals surface area contributed by atoms with E-state index >= 15 is 0 Å². The molecule has 1 amide bonds. The lowest BCUT2D eigenvalue weighted by Crippen LogP contribution is -2.37. The van der Waals surface area contributed by atoms with Crippen LogP contribution in [0.25, 0.3) is 0 Å². The molecule has 0 bridgehead atoms. The summed E-state index contributed by atoms with van der Waals surface area (Å²) in [4.78, 5) is 11.9. The van der Waals surface area contributed by atoms with Gasteiger partial charge in [0.2, 0.25) is 5.91 Å². The number of hydrogen-bond acceptors (Lipinski definition) is 6. The van der Waals surface area contributed by atoms with Gasteiger partial charge in [-0.05, 0) is 25.2 Å². The lowest BCUT2D eigenvalue weighted by Gasteiger charge is -2.17. The number of sulfone groups is 1. The molecule has 0 aromatic carbocycles. The second-order valence-electron chi connectivity index (χ2n) is 6.82. The predicted octanol–water partition coefficient (Wildman–Crippen LogP) is 1.05. The minimum Gasteiger partial charge on any atom is -0.353 e. The molecular weight excluding hydrogens is 348 g/mol. The van der Waals surface area contributed by atoms with E-state index in [9.17, 15) is 13.2 Å². The van der Waals surface area contributed by atoms with Crippen molar-refractivity contribution in [1.29, 1.82) is 0 Å². The summed E-state index contributed by atoms with van der Waals surface area (Å²) in [6.07, 6.45) is 1.30. The molecule has 1 N–H and O–H groups in total. The fraction of sp³-hybridized carbons (Fsp3) is 0.800. The first-order valence-electron chi connectivity index (χ1n) is 8.19. The minimum atomic E-state index is -2.88. The number of amides is 1. The van der Waals surface area contributed by atoms with Crippen LogP contribution in [0.3, 0.4) is 0 Å². The Morgan fingerprint density at radius 2 is 2.08 bits per heavy atom. The van der Waals surface area contributed by atoms with Gasteiger partial charge in [0.1, 0.15) is 5.82 Å². The number of hydrogen-bond donors (Lipinski definition) is 1.